The lowest BCUT2D eigenvalue weighted by molar-refractivity contribution is 0.645. The fourth-order valence-corrected chi connectivity index (χ4v) is 2.45. The van der Waals surface area contributed by atoms with Crippen LogP contribution in [0.1, 0.15) is 30.5 Å². The minimum atomic E-state index is 0.0413. The quantitative estimate of drug-likeness (QED) is 0.855. The summed E-state index contributed by atoms with van der Waals surface area (Å²) in [5.74, 6) is 0. The second-order valence-corrected chi connectivity index (χ2v) is 5.82. The lowest BCUT2D eigenvalue weighted by atomic mass is 10.0. The van der Waals surface area contributed by atoms with E-state index in [1.165, 1.54) is 11.3 Å². The largest absolute Gasteiger partial charge is 0.375 e. The predicted octanol–water partition coefficient (Wildman–Crippen LogP) is 4.43. The van der Waals surface area contributed by atoms with Crippen LogP contribution in [-0.4, -0.2) is 13.6 Å². The minimum Gasteiger partial charge on any atom is -0.375 e. The standard InChI is InChI=1S/C18H23ClN2/c1-3-14-4-10-17(11-5-14)21(2)13-12-18(20)15-6-8-16(19)9-7-15/h4-11,18H,3,12-13,20H2,1-2H3. The Morgan fingerprint density at radius 3 is 2.24 bits per heavy atom. The van der Waals surface area contributed by atoms with Crippen LogP contribution in [0.25, 0.3) is 0 Å². The maximum Gasteiger partial charge on any atom is 0.0406 e. The van der Waals surface area contributed by atoms with Crippen molar-refractivity contribution in [2.24, 2.45) is 5.73 Å². The van der Waals surface area contributed by atoms with Crippen molar-refractivity contribution in [2.45, 2.75) is 25.8 Å². The van der Waals surface area contributed by atoms with Crippen LogP contribution in [0.2, 0.25) is 5.02 Å². The molecule has 0 fully saturated rings. The van der Waals surface area contributed by atoms with Gasteiger partial charge in [-0.2, -0.15) is 0 Å². The first-order chi connectivity index (χ1) is 10.1. The van der Waals surface area contributed by atoms with Crippen molar-refractivity contribution in [1.29, 1.82) is 0 Å². The molecular formula is C18H23ClN2. The maximum atomic E-state index is 6.25. The fourth-order valence-electron chi connectivity index (χ4n) is 2.32. The molecule has 112 valence electrons. The van der Waals surface area contributed by atoms with E-state index in [-0.39, 0.29) is 6.04 Å². The van der Waals surface area contributed by atoms with E-state index in [0.717, 1.165) is 30.0 Å². The molecule has 0 bridgehead atoms. The molecule has 0 aromatic heterocycles. The number of halogens is 1. The Hall–Kier alpha value is -1.51. The number of nitrogens with two attached hydrogens (primary N) is 1. The van der Waals surface area contributed by atoms with Crippen molar-refractivity contribution in [3.8, 4) is 0 Å². The molecule has 2 N–H and O–H groups in total. The van der Waals surface area contributed by atoms with E-state index >= 15 is 0 Å². The average molecular weight is 303 g/mol. The Kier molecular flexibility index (Phi) is 5.66. The monoisotopic (exact) mass is 302 g/mol. The molecule has 2 aromatic rings. The van der Waals surface area contributed by atoms with Crippen LogP contribution in [-0.2, 0) is 6.42 Å². The SMILES string of the molecule is CCc1ccc(N(C)CCC(N)c2ccc(Cl)cc2)cc1. The minimum absolute atomic E-state index is 0.0413. The Morgan fingerprint density at radius 2 is 1.67 bits per heavy atom. The number of benzene rings is 2. The Morgan fingerprint density at radius 1 is 1.05 bits per heavy atom. The second-order valence-electron chi connectivity index (χ2n) is 5.39. The zero-order valence-electron chi connectivity index (χ0n) is 12.7. The molecule has 0 radical (unpaired) electrons. The molecule has 2 nitrogen and oxygen atoms in total. The van der Waals surface area contributed by atoms with E-state index in [0.29, 0.717) is 0 Å². The lowest BCUT2D eigenvalue weighted by Gasteiger charge is -2.22. The molecule has 0 amide bonds. The topological polar surface area (TPSA) is 29.3 Å². The summed E-state index contributed by atoms with van der Waals surface area (Å²) in [6.45, 7) is 3.10. The van der Waals surface area contributed by atoms with Gasteiger partial charge in [-0.25, -0.2) is 0 Å². The normalized spacial score (nSPS) is 12.2. The van der Waals surface area contributed by atoms with E-state index in [9.17, 15) is 0 Å². The van der Waals surface area contributed by atoms with Crippen molar-refractivity contribution in [1.82, 2.24) is 0 Å². The van der Waals surface area contributed by atoms with E-state index in [1.807, 2.05) is 24.3 Å². The Labute approximate surface area is 132 Å². The van der Waals surface area contributed by atoms with E-state index < -0.39 is 0 Å². The molecule has 0 aliphatic heterocycles. The zero-order valence-corrected chi connectivity index (χ0v) is 13.5. The Bertz CT molecular complexity index is 548. The number of nitrogens with zero attached hydrogens (tertiary/aromatic N) is 1. The lowest BCUT2D eigenvalue weighted by Crippen LogP contribution is -2.23. The van der Waals surface area contributed by atoms with Gasteiger partial charge in [0.25, 0.3) is 0 Å². The molecule has 1 unspecified atom stereocenters. The number of aryl methyl sites for hydroxylation is 1. The molecule has 0 saturated heterocycles. The highest BCUT2D eigenvalue weighted by Gasteiger charge is 2.08. The highest BCUT2D eigenvalue weighted by atomic mass is 35.5. The van der Waals surface area contributed by atoms with Gasteiger partial charge in [0.2, 0.25) is 0 Å². The van der Waals surface area contributed by atoms with Crippen LogP contribution in [0, 0.1) is 0 Å². The highest BCUT2D eigenvalue weighted by molar-refractivity contribution is 6.30. The summed E-state index contributed by atoms with van der Waals surface area (Å²) < 4.78 is 0. The number of anilines is 1. The molecule has 0 saturated carbocycles. The Balaban J connectivity index is 1.90. The van der Waals surface area contributed by atoms with Gasteiger partial charge in [0.15, 0.2) is 0 Å². The van der Waals surface area contributed by atoms with Crippen molar-refractivity contribution < 1.29 is 0 Å². The fraction of sp³-hybridized carbons (Fsp3) is 0.333. The first kappa shape index (κ1) is 15.9. The van der Waals surface area contributed by atoms with E-state index in [4.69, 9.17) is 17.3 Å². The summed E-state index contributed by atoms with van der Waals surface area (Å²) in [7, 11) is 2.11. The van der Waals surface area contributed by atoms with Crippen molar-refractivity contribution in [2.75, 3.05) is 18.5 Å². The van der Waals surface area contributed by atoms with Gasteiger partial charge in [-0.05, 0) is 48.2 Å². The van der Waals surface area contributed by atoms with Crippen LogP contribution in [0.15, 0.2) is 48.5 Å². The molecule has 0 heterocycles. The maximum absolute atomic E-state index is 6.25. The molecule has 0 aliphatic rings. The first-order valence-corrected chi connectivity index (χ1v) is 7.79. The average Bonchev–Trinajstić information content (AvgIpc) is 2.53. The molecule has 0 spiro atoms. The van der Waals surface area contributed by atoms with Gasteiger partial charge >= 0.3 is 0 Å². The molecule has 21 heavy (non-hydrogen) atoms. The van der Waals surface area contributed by atoms with Gasteiger partial charge < -0.3 is 10.6 Å². The summed E-state index contributed by atoms with van der Waals surface area (Å²) in [5.41, 5.74) is 9.98. The highest BCUT2D eigenvalue weighted by Crippen LogP contribution is 2.19. The predicted molar refractivity (Wildman–Crippen MR) is 92.1 cm³/mol. The third kappa shape index (κ3) is 4.48. The third-order valence-corrected chi connectivity index (χ3v) is 4.11. The first-order valence-electron chi connectivity index (χ1n) is 7.41. The summed E-state index contributed by atoms with van der Waals surface area (Å²) in [6, 6.07) is 16.6. The summed E-state index contributed by atoms with van der Waals surface area (Å²) in [6.07, 6.45) is 1.99. The molecule has 1 atom stereocenters. The van der Waals surface area contributed by atoms with Gasteiger partial charge in [0, 0.05) is 30.3 Å². The van der Waals surface area contributed by atoms with Gasteiger partial charge in [-0.1, -0.05) is 42.8 Å². The van der Waals surface area contributed by atoms with E-state index in [2.05, 4.69) is 43.1 Å². The van der Waals surface area contributed by atoms with Crippen molar-refractivity contribution in [3.63, 3.8) is 0 Å². The van der Waals surface area contributed by atoms with Gasteiger partial charge in [-0.3, -0.25) is 0 Å². The van der Waals surface area contributed by atoms with Gasteiger partial charge in [0.1, 0.15) is 0 Å². The second kappa shape index (κ2) is 7.48. The van der Waals surface area contributed by atoms with Crippen LogP contribution < -0.4 is 10.6 Å². The third-order valence-electron chi connectivity index (χ3n) is 3.86. The van der Waals surface area contributed by atoms with Crippen LogP contribution in [0.4, 0.5) is 5.69 Å². The molecule has 2 aromatic carbocycles. The smallest absolute Gasteiger partial charge is 0.0406 e. The van der Waals surface area contributed by atoms with Gasteiger partial charge in [-0.15, -0.1) is 0 Å². The van der Waals surface area contributed by atoms with Crippen LogP contribution in [0.5, 0.6) is 0 Å². The number of hydrogen-bond acceptors (Lipinski definition) is 2. The van der Waals surface area contributed by atoms with E-state index in [1.54, 1.807) is 0 Å². The molecular weight excluding hydrogens is 280 g/mol. The number of rotatable bonds is 6. The summed E-state index contributed by atoms with van der Waals surface area (Å²) in [5, 5.41) is 0.749. The molecule has 3 heteroatoms. The van der Waals surface area contributed by atoms with Crippen LogP contribution in [0.3, 0.4) is 0 Å². The van der Waals surface area contributed by atoms with Crippen LogP contribution >= 0.6 is 11.6 Å². The summed E-state index contributed by atoms with van der Waals surface area (Å²) >= 11 is 5.90. The van der Waals surface area contributed by atoms with Crippen molar-refractivity contribution in [3.05, 3.63) is 64.7 Å². The molecule has 0 aliphatic carbocycles. The number of hydrogen-bond donors (Lipinski definition) is 1. The van der Waals surface area contributed by atoms with Gasteiger partial charge in [0.05, 0.1) is 0 Å². The van der Waals surface area contributed by atoms with Crippen molar-refractivity contribution >= 4 is 17.3 Å². The zero-order chi connectivity index (χ0) is 15.2. The summed E-state index contributed by atoms with van der Waals surface area (Å²) in [4.78, 5) is 2.25. The molecule has 2 rings (SSSR count).